The molecule has 2 heterocycles. The topological polar surface area (TPSA) is 84.3 Å². The summed E-state index contributed by atoms with van der Waals surface area (Å²) in [5.41, 5.74) is 0.951. The lowest BCUT2D eigenvalue weighted by Gasteiger charge is -2.25. The van der Waals surface area contributed by atoms with Crippen molar-refractivity contribution in [3.8, 4) is 0 Å². The normalized spacial score (nSPS) is 21.6. The monoisotopic (exact) mass is 300 g/mol. The lowest BCUT2D eigenvalue weighted by Crippen LogP contribution is -2.47. The molecule has 7 nitrogen and oxygen atoms in total. The summed E-state index contributed by atoms with van der Waals surface area (Å²) in [6.07, 6.45) is 3.77. The van der Waals surface area contributed by atoms with Gasteiger partial charge in [-0.15, -0.1) is 0 Å². The number of aromatic nitrogens is 2. The van der Waals surface area contributed by atoms with Crippen molar-refractivity contribution in [3.63, 3.8) is 0 Å². The number of hydrogen-bond acceptors (Lipinski definition) is 5. The first-order valence-corrected chi connectivity index (χ1v) is 8.33. The fourth-order valence-corrected chi connectivity index (χ4v) is 3.72. The van der Waals surface area contributed by atoms with Gasteiger partial charge in [0.15, 0.2) is 9.84 Å². The smallest absolute Gasteiger partial charge is 0.224 e. The van der Waals surface area contributed by atoms with Crippen molar-refractivity contribution in [1.29, 1.82) is 0 Å². The summed E-state index contributed by atoms with van der Waals surface area (Å²) in [6.45, 7) is 0.902. The van der Waals surface area contributed by atoms with Crippen molar-refractivity contribution >= 4 is 15.7 Å². The molecule has 0 aromatic carbocycles. The van der Waals surface area contributed by atoms with E-state index in [2.05, 4.69) is 10.4 Å². The van der Waals surface area contributed by atoms with E-state index in [0.717, 1.165) is 5.56 Å². The van der Waals surface area contributed by atoms with Crippen LogP contribution in [0, 0.1) is 0 Å². The van der Waals surface area contributed by atoms with Crippen molar-refractivity contribution in [2.75, 3.05) is 25.1 Å². The number of sulfone groups is 1. The van der Waals surface area contributed by atoms with E-state index in [1.54, 1.807) is 22.8 Å². The van der Waals surface area contributed by atoms with Crippen molar-refractivity contribution < 1.29 is 13.2 Å². The molecule has 0 aliphatic carbocycles. The Morgan fingerprint density at radius 3 is 2.95 bits per heavy atom. The molecule has 1 N–H and O–H groups in total. The van der Waals surface area contributed by atoms with Crippen LogP contribution in [0.1, 0.15) is 12.0 Å². The maximum Gasteiger partial charge on any atom is 0.224 e. The molecule has 1 aliphatic rings. The second-order valence-corrected chi connectivity index (χ2v) is 7.47. The van der Waals surface area contributed by atoms with Crippen molar-refractivity contribution in [3.05, 3.63) is 18.0 Å². The van der Waals surface area contributed by atoms with Gasteiger partial charge in [0.2, 0.25) is 5.91 Å². The Morgan fingerprint density at radius 1 is 1.60 bits per heavy atom. The van der Waals surface area contributed by atoms with Crippen LogP contribution in [0.2, 0.25) is 0 Å². The van der Waals surface area contributed by atoms with Gasteiger partial charge in [-0.05, 0) is 0 Å². The number of aryl methyl sites for hydroxylation is 1. The molecule has 112 valence electrons. The van der Waals surface area contributed by atoms with Crippen LogP contribution in [-0.2, 0) is 28.2 Å². The SMILES string of the molecule is CN(Cc1cnn(C)c1)C(=O)CC1CS(=O)(=O)CCN1. The van der Waals surface area contributed by atoms with Gasteiger partial charge in [-0.2, -0.15) is 5.10 Å². The molecule has 2 rings (SSSR count). The Bertz CT molecular complexity index is 581. The quantitative estimate of drug-likeness (QED) is 0.783. The molecule has 1 saturated heterocycles. The van der Waals surface area contributed by atoms with E-state index in [-0.39, 0.29) is 29.9 Å². The summed E-state index contributed by atoms with van der Waals surface area (Å²) >= 11 is 0. The first-order valence-electron chi connectivity index (χ1n) is 6.51. The third-order valence-corrected chi connectivity index (χ3v) is 5.06. The molecule has 8 heteroatoms. The molecule has 1 fully saturated rings. The summed E-state index contributed by atoms with van der Waals surface area (Å²) in [6, 6.07) is -0.280. The third kappa shape index (κ3) is 4.04. The molecule has 20 heavy (non-hydrogen) atoms. The zero-order chi connectivity index (χ0) is 14.8. The molecular weight excluding hydrogens is 280 g/mol. The summed E-state index contributed by atoms with van der Waals surface area (Å²) in [5.74, 6) is 0.131. The average Bonchev–Trinajstić information content (AvgIpc) is 2.73. The first kappa shape index (κ1) is 15.0. The van der Waals surface area contributed by atoms with Gasteiger partial charge in [0.05, 0.1) is 17.7 Å². The minimum atomic E-state index is -3.01. The van der Waals surface area contributed by atoms with E-state index in [4.69, 9.17) is 0 Å². The maximum atomic E-state index is 12.1. The number of rotatable bonds is 4. The van der Waals surface area contributed by atoms with Crippen LogP contribution >= 0.6 is 0 Å². The molecule has 1 amide bonds. The first-order chi connectivity index (χ1) is 9.35. The third-order valence-electron chi connectivity index (χ3n) is 3.33. The Labute approximate surface area is 118 Å². The number of carbonyl (C=O) groups excluding carboxylic acids is 1. The Morgan fingerprint density at radius 2 is 2.35 bits per heavy atom. The van der Waals surface area contributed by atoms with E-state index in [1.165, 1.54) is 0 Å². The lowest BCUT2D eigenvalue weighted by atomic mass is 10.2. The summed E-state index contributed by atoms with van der Waals surface area (Å²) < 4.78 is 24.7. The zero-order valence-electron chi connectivity index (χ0n) is 11.7. The highest BCUT2D eigenvalue weighted by molar-refractivity contribution is 7.91. The van der Waals surface area contributed by atoms with E-state index < -0.39 is 9.84 Å². The van der Waals surface area contributed by atoms with Crippen molar-refractivity contribution in [2.45, 2.75) is 19.0 Å². The molecule has 1 aromatic rings. The van der Waals surface area contributed by atoms with Crippen molar-refractivity contribution in [2.24, 2.45) is 7.05 Å². The zero-order valence-corrected chi connectivity index (χ0v) is 12.6. The Kier molecular flexibility index (Phi) is 4.44. The molecule has 0 radical (unpaired) electrons. The minimum absolute atomic E-state index is 0.0411. The second kappa shape index (κ2) is 5.92. The predicted molar refractivity (Wildman–Crippen MR) is 74.7 cm³/mol. The molecule has 0 bridgehead atoms. The Balaban J connectivity index is 1.87. The average molecular weight is 300 g/mol. The minimum Gasteiger partial charge on any atom is -0.341 e. The largest absolute Gasteiger partial charge is 0.341 e. The van der Waals surface area contributed by atoms with Crippen LogP contribution in [0.25, 0.3) is 0 Å². The summed E-state index contributed by atoms with van der Waals surface area (Å²) in [5, 5.41) is 7.14. The van der Waals surface area contributed by atoms with Gasteiger partial charge in [0.1, 0.15) is 0 Å². The standard InChI is InChI=1S/C12H20N4O3S/c1-15(7-10-6-14-16(2)8-10)12(17)5-11-9-20(18,19)4-3-13-11/h6,8,11,13H,3-5,7,9H2,1-2H3. The number of amides is 1. The predicted octanol–water partition coefficient (Wildman–Crippen LogP) is -0.845. The van der Waals surface area contributed by atoms with Crippen LogP contribution in [0.15, 0.2) is 12.4 Å². The number of nitrogens with zero attached hydrogens (tertiary/aromatic N) is 3. The van der Waals surface area contributed by atoms with Crippen LogP contribution in [-0.4, -0.2) is 60.1 Å². The molecule has 1 atom stereocenters. The van der Waals surface area contributed by atoms with Gasteiger partial charge in [-0.3, -0.25) is 9.48 Å². The van der Waals surface area contributed by atoms with Gasteiger partial charge < -0.3 is 10.2 Å². The van der Waals surface area contributed by atoms with Crippen LogP contribution < -0.4 is 5.32 Å². The molecule has 0 saturated carbocycles. The van der Waals surface area contributed by atoms with Gasteiger partial charge in [0.25, 0.3) is 0 Å². The fourth-order valence-electron chi connectivity index (χ4n) is 2.28. The van der Waals surface area contributed by atoms with Gasteiger partial charge >= 0.3 is 0 Å². The molecule has 0 spiro atoms. The van der Waals surface area contributed by atoms with Crippen LogP contribution in [0.3, 0.4) is 0 Å². The number of hydrogen-bond donors (Lipinski definition) is 1. The molecule has 1 unspecified atom stereocenters. The summed E-state index contributed by atoms with van der Waals surface area (Å²) in [4.78, 5) is 13.7. The molecule has 1 aliphatic heterocycles. The van der Waals surface area contributed by atoms with Crippen molar-refractivity contribution in [1.82, 2.24) is 20.0 Å². The van der Waals surface area contributed by atoms with E-state index in [0.29, 0.717) is 13.1 Å². The highest BCUT2D eigenvalue weighted by atomic mass is 32.2. The Hall–Kier alpha value is -1.41. The fraction of sp³-hybridized carbons (Fsp3) is 0.667. The van der Waals surface area contributed by atoms with Gasteiger partial charge in [-0.1, -0.05) is 0 Å². The van der Waals surface area contributed by atoms with E-state index >= 15 is 0 Å². The van der Waals surface area contributed by atoms with Gasteiger partial charge in [-0.25, -0.2) is 8.42 Å². The summed E-state index contributed by atoms with van der Waals surface area (Å²) in [7, 11) is 0.531. The highest BCUT2D eigenvalue weighted by Gasteiger charge is 2.26. The lowest BCUT2D eigenvalue weighted by molar-refractivity contribution is -0.130. The molecule has 1 aromatic heterocycles. The van der Waals surface area contributed by atoms with Crippen LogP contribution in [0.4, 0.5) is 0 Å². The highest BCUT2D eigenvalue weighted by Crippen LogP contribution is 2.08. The number of nitrogens with one attached hydrogen (secondary N) is 1. The molecular formula is C12H20N4O3S. The number of carbonyl (C=O) groups is 1. The van der Waals surface area contributed by atoms with E-state index in [9.17, 15) is 13.2 Å². The van der Waals surface area contributed by atoms with Crippen LogP contribution in [0.5, 0.6) is 0 Å². The van der Waals surface area contributed by atoms with E-state index in [1.807, 2.05) is 13.2 Å². The maximum absolute atomic E-state index is 12.1. The van der Waals surface area contributed by atoms with Gasteiger partial charge in [0, 0.05) is 51.4 Å². The second-order valence-electron chi connectivity index (χ2n) is 5.24.